The van der Waals surface area contributed by atoms with Crippen LogP contribution in [0.4, 0.5) is 0 Å². The van der Waals surface area contributed by atoms with Gasteiger partial charge in [-0.1, -0.05) is 27.7 Å². The maximum atomic E-state index is 11.6. The summed E-state index contributed by atoms with van der Waals surface area (Å²) >= 11 is 0. The Morgan fingerprint density at radius 2 is 1.71 bits per heavy atom. The number of rotatable bonds is 6. The van der Waals surface area contributed by atoms with Crippen LogP contribution >= 0.6 is 0 Å². The molecule has 2 unspecified atom stereocenters. The minimum Gasteiger partial charge on any atom is -0.548 e. The standard InChI is InChI=1S/C11H22N2O3.K/c1-6(2)5-8(12)10(14)13-9(7(3)4)11(15)16;/h6-9H,5,12H2,1-4H3,(H,13,14)(H,15,16);/q;+1/p-1. The van der Waals surface area contributed by atoms with E-state index in [0.717, 1.165) is 0 Å². The maximum Gasteiger partial charge on any atom is 1.00 e. The third-order valence-electron chi connectivity index (χ3n) is 2.28. The first-order chi connectivity index (χ1) is 7.25. The van der Waals surface area contributed by atoms with Crippen molar-refractivity contribution in [2.75, 3.05) is 0 Å². The van der Waals surface area contributed by atoms with E-state index in [4.69, 9.17) is 5.73 Å². The zero-order valence-corrected chi connectivity index (χ0v) is 14.4. The minimum absolute atomic E-state index is 0. The third kappa shape index (κ3) is 8.29. The topological polar surface area (TPSA) is 95.2 Å². The van der Waals surface area contributed by atoms with Crippen molar-refractivity contribution in [2.45, 2.75) is 46.2 Å². The molecule has 0 aromatic heterocycles. The van der Waals surface area contributed by atoms with Gasteiger partial charge in [0.15, 0.2) is 0 Å². The van der Waals surface area contributed by atoms with Gasteiger partial charge in [-0.2, -0.15) is 0 Å². The largest absolute Gasteiger partial charge is 1.00 e. The first-order valence-electron chi connectivity index (χ1n) is 5.52. The van der Waals surface area contributed by atoms with Crippen molar-refractivity contribution in [3.05, 3.63) is 0 Å². The van der Waals surface area contributed by atoms with Crippen molar-refractivity contribution in [1.82, 2.24) is 5.32 Å². The molecule has 2 atom stereocenters. The van der Waals surface area contributed by atoms with Gasteiger partial charge in [-0.05, 0) is 18.3 Å². The van der Waals surface area contributed by atoms with Crippen molar-refractivity contribution in [1.29, 1.82) is 0 Å². The van der Waals surface area contributed by atoms with Crippen molar-refractivity contribution >= 4 is 11.9 Å². The summed E-state index contributed by atoms with van der Waals surface area (Å²) in [6, 6.07) is -1.65. The average Bonchev–Trinajstić information content (AvgIpc) is 2.11. The molecule has 0 rings (SSSR count). The first-order valence-corrected chi connectivity index (χ1v) is 5.52. The summed E-state index contributed by atoms with van der Waals surface area (Å²) in [7, 11) is 0. The molecule has 3 N–H and O–H groups in total. The molecule has 1 amide bonds. The predicted octanol–water partition coefficient (Wildman–Crippen LogP) is -3.75. The second-order valence-corrected chi connectivity index (χ2v) is 4.79. The Bertz CT molecular complexity index is 257. The van der Waals surface area contributed by atoms with Gasteiger partial charge in [-0.25, -0.2) is 0 Å². The molecule has 0 aliphatic rings. The SMILES string of the molecule is CC(C)CC(N)C(=O)NC(C(=O)[O-])C(C)C.[K+]. The second kappa shape index (κ2) is 9.46. The van der Waals surface area contributed by atoms with Gasteiger partial charge in [0.2, 0.25) is 5.91 Å². The Balaban J connectivity index is 0. The molecule has 6 heteroatoms. The van der Waals surface area contributed by atoms with Crippen LogP contribution in [0.1, 0.15) is 34.1 Å². The summed E-state index contributed by atoms with van der Waals surface area (Å²) in [5.41, 5.74) is 5.64. The molecule has 17 heavy (non-hydrogen) atoms. The number of carbonyl (C=O) groups is 2. The van der Waals surface area contributed by atoms with Crippen LogP contribution in [-0.2, 0) is 9.59 Å². The number of carboxylic acids is 1. The number of aliphatic carboxylic acids is 1. The Hall–Kier alpha value is 0.536. The maximum absolute atomic E-state index is 11.6. The van der Waals surface area contributed by atoms with Crippen LogP contribution in [0.3, 0.4) is 0 Å². The molecule has 94 valence electrons. The Kier molecular flexibility index (Phi) is 11.1. The van der Waals surface area contributed by atoms with Crippen LogP contribution in [0, 0.1) is 11.8 Å². The molecule has 0 spiro atoms. The van der Waals surface area contributed by atoms with E-state index in [1.165, 1.54) is 0 Å². The normalized spacial score (nSPS) is 14.1. The molecule has 5 nitrogen and oxygen atoms in total. The third-order valence-corrected chi connectivity index (χ3v) is 2.28. The van der Waals surface area contributed by atoms with Crippen molar-refractivity contribution in [2.24, 2.45) is 17.6 Å². The van der Waals surface area contributed by atoms with Gasteiger partial charge in [0.25, 0.3) is 0 Å². The first kappa shape index (κ1) is 19.9. The van der Waals surface area contributed by atoms with Gasteiger partial charge >= 0.3 is 51.4 Å². The van der Waals surface area contributed by atoms with Gasteiger partial charge in [-0.3, -0.25) is 4.79 Å². The molecule has 0 aliphatic heterocycles. The molecule has 0 bridgehead atoms. The van der Waals surface area contributed by atoms with Crippen LogP contribution in [-0.4, -0.2) is 24.0 Å². The molecule has 0 aromatic rings. The van der Waals surface area contributed by atoms with Crippen LogP contribution in [0.25, 0.3) is 0 Å². The quantitative estimate of drug-likeness (QED) is 0.484. The van der Waals surface area contributed by atoms with Crippen LogP contribution in [0.2, 0.25) is 0 Å². The molecule has 0 saturated heterocycles. The molecular weight excluding hydrogens is 247 g/mol. The van der Waals surface area contributed by atoms with Crippen LogP contribution in [0.15, 0.2) is 0 Å². The number of nitrogens with one attached hydrogen (secondary N) is 1. The fraction of sp³-hybridized carbons (Fsp3) is 0.818. The van der Waals surface area contributed by atoms with E-state index in [1.807, 2.05) is 13.8 Å². The smallest absolute Gasteiger partial charge is 0.548 e. The van der Waals surface area contributed by atoms with Crippen LogP contribution in [0.5, 0.6) is 0 Å². The van der Waals surface area contributed by atoms with E-state index >= 15 is 0 Å². The molecular formula is C11H21KN2O3. The van der Waals surface area contributed by atoms with Gasteiger partial charge in [0.05, 0.1) is 18.1 Å². The number of hydrogen-bond donors (Lipinski definition) is 2. The zero-order chi connectivity index (χ0) is 12.9. The predicted molar refractivity (Wildman–Crippen MR) is 59.2 cm³/mol. The molecule has 0 aromatic carbocycles. The number of hydrogen-bond acceptors (Lipinski definition) is 4. The summed E-state index contributed by atoms with van der Waals surface area (Å²) in [4.78, 5) is 22.3. The Morgan fingerprint density at radius 3 is 2.00 bits per heavy atom. The van der Waals surface area contributed by atoms with E-state index < -0.39 is 24.0 Å². The summed E-state index contributed by atoms with van der Waals surface area (Å²) < 4.78 is 0. The van der Waals surface area contributed by atoms with Gasteiger partial charge in [-0.15, -0.1) is 0 Å². The zero-order valence-electron chi connectivity index (χ0n) is 11.3. The molecule has 0 heterocycles. The van der Waals surface area contributed by atoms with E-state index in [1.54, 1.807) is 13.8 Å². The Morgan fingerprint density at radius 1 is 1.24 bits per heavy atom. The van der Waals surface area contributed by atoms with Gasteiger partial charge in [0.1, 0.15) is 0 Å². The summed E-state index contributed by atoms with van der Waals surface area (Å²) in [5.74, 6) is -1.64. The number of nitrogens with two attached hydrogens (primary N) is 1. The van der Waals surface area contributed by atoms with Crippen molar-refractivity contribution < 1.29 is 66.1 Å². The fourth-order valence-corrected chi connectivity index (χ4v) is 1.37. The monoisotopic (exact) mass is 268 g/mol. The van der Waals surface area contributed by atoms with E-state index in [-0.39, 0.29) is 57.3 Å². The van der Waals surface area contributed by atoms with Gasteiger partial charge < -0.3 is 21.0 Å². The van der Waals surface area contributed by atoms with Crippen LogP contribution < -0.4 is 67.5 Å². The number of amides is 1. The molecule has 0 saturated carbocycles. The molecule has 0 radical (unpaired) electrons. The summed E-state index contributed by atoms with van der Waals surface area (Å²) in [6.45, 7) is 7.31. The van der Waals surface area contributed by atoms with Crippen molar-refractivity contribution in [3.63, 3.8) is 0 Å². The van der Waals surface area contributed by atoms with Crippen molar-refractivity contribution in [3.8, 4) is 0 Å². The number of carboxylic acid groups (broad SMARTS) is 1. The van der Waals surface area contributed by atoms with E-state index in [0.29, 0.717) is 12.3 Å². The molecule has 0 aliphatic carbocycles. The summed E-state index contributed by atoms with van der Waals surface area (Å²) in [5, 5.41) is 13.1. The summed E-state index contributed by atoms with van der Waals surface area (Å²) in [6.07, 6.45) is 0.531. The average molecular weight is 268 g/mol. The Labute approximate surface area is 145 Å². The van der Waals surface area contributed by atoms with E-state index in [9.17, 15) is 14.7 Å². The minimum atomic E-state index is -1.28. The molecule has 0 fully saturated rings. The van der Waals surface area contributed by atoms with Gasteiger partial charge in [0, 0.05) is 0 Å². The number of carbonyl (C=O) groups excluding carboxylic acids is 2. The van der Waals surface area contributed by atoms with E-state index in [2.05, 4.69) is 5.32 Å². The second-order valence-electron chi connectivity index (χ2n) is 4.79. The fourth-order valence-electron chi connectivity index (χ4n) is 1.37.